The molecule has 0 amide bonds. The van der Waals surface area contributed by atoms with Crippen LogP contribution >= 0.6 is 0 Å². The van der Waals surface area contributed by atoms with E-state index in [4.69, 9.17) is 9.47 Å². The number of pyridine rings is 1. The zero-order valence-electron chi connectivity index (χ0n) is 18.4. The molecular formula is C26H31NO2. The molecule has 1 aromatic heterocycles. The normalized spacial score (nSPS) is 11.4. The largest absolute Gasteiger partial charge is 0.487 e. The highest BCUT2D eigenvalue weighted by molar-refractivity contribution is 5.46. The number of ether oxygens (including phenoxy) is 2. The third kappa shape index (κ3) is 5.17. The fourth-order valence-electron chi connectivity index (χ4n) is 3.22. The first kappa shape index (κ1) is 20.9. The van der Waals surface area contributed by atoms with Crippen molar-refractivity contribution in [3.8, 4) is 11.6 Å². The minimum atomic E-state index is 0.154. The van der Waals surface area contributed by atoms with Crippen molar-refractivity contribution in [1.82, 2.24) is 4.98 Å². The lowest BCUT2D eigenvalue weighted by Crippen LogP contribution is -2.11. The van der Waals surface area contributed by atoms with Gasteiger partial charge in [-0.25, -0.2) is 4.98 Å². The SMILES string of the molecule is Cc1nc(OCc2ccc(C(C)(C)C)cc2)c(C)c(C)c1OCc1ccccc1. The van der Waals surface area contributed by atoms with Gasteiger partial charge in [0.1, 0.15) is 19.0 Å². The van der Waals surface area contributed by atoms with Crippen LogP contribution in [0, 0.1) is 20.8 Å². The van der Waals surface area contributed by atoms with Gasteiger partial charge in [-0.3, -0.25) is 0 Å². The highest BCUT2D eigenvalue weighted by atomic mass is 16.5. The minimum absolute atomic E-state index is 0.154. The zero-order chi connectivity index (χ0) is 21.0. The van der Waals surface area contributed by atoms with E-state index in [1.54, 1.807) is 0 Å². The molecule has 0 fully saturated rings. The maximum atomic E-state index is 6.08. The fourth-order valence-corrected chi connectivity index (χ4v) is 3.22. The Morgan fingerprint density at radius 1 is 0.724 bits per heavy atom. The zero-order valence-corrected chi connectivity index (χ0v) is 18.4. The van der Waals surface area contributed by atoms with Crippen LogP contribution in [0.3, 0.4) is 0 Å². The van der Waals surface area contributed by atoms with Crippen LogP contribution in [0.2, 0.25) is 0 Å². The molecule has 3 aromatic rings. The maximum Gasteiger partial charge on any atom is 0.217 e. The van der Waals surface area contributed by atoms with E-state index in [2.05, 4.69) is 69.1 Å². The van der Waals surface area contributed by atoms with E-state index in [-0.39, 0.29) is 5.41 Å². The lowest BCUT2D eigenvalue weighted by atomic mass is 9.87. The van der Waals surface area contributed by atoms with Crippen LogP contribution in [0.25, 0.3) is 0 Å². The van der Waals surface area contributed by atoms with E-state index in [0.717, 1.165) is 33.7 Å². The second kappa shape index (κ2) is 8.69. The Kier molecular flexibility index (Phi) is 6.26. The van der Waals surface area contributed by atoms with Gasteiger partial charge >= 0.3 is 0 Å². The first-order valence-electron chi connectivity index (χ1n) is 10.1. The summed E-state index contributed by atoms with van der Waals surface area (Å²) < 4.78 is 12.1. The van der Waals surface area contributed by atoms with E-state index >= 15 is 0 Å². The Hall–Kier alpha value is -2.81. The van der Waals surface area contributed by atoms with E-state index in [1.807, 2.05) is 32.0 Å². The Bertz CT molecular complexity index is 955. The van der Waals surface area contributed by atoms with Crippen LogP contribution in [0.1, 0.15) is 54.3 Å². The summed E-state index contributed by atoms with van der Waals surface area (Å²) in [7, 11) is 0. The molecule has 0 bridgehead atoms. The van der Waals surface area contributed by atoms with Crippen molar-refractivity contribution in [2.75, 3.05) is 0 Å². The molecule has 0 aliphatic carbocycles. The van der Waals surface area contributed by atoms with Gasteiger partial charge in [-0.1, -0.05) is 75.4 Å². The summed E-state index contributed by atoms with van der Waals surface area (Å²) in [4.78, 5) is 4.67. The smallest absolute Gasteiger partial charge is 0.217 e. The first-order valence-corrected chi connectivity index (χ1v) is 10.1. The molecule has 2 aromatic carbocycles. The average molecular weight is 390 g/mol. The number of hydrogen-bond acceptors (Lipinski definition) is 3. The predicted octanol–water partition coefficient (Wildman–Crippen LogP) is 6.46. The van der Waals surface area contributed by atoms with Gasteiger partial charge in [-0.15, -0.1) is 0 Å². The molecule has 3 nitrogen and oxygen atoms in total. The van der Waals surface area contributed by atoms with Crippen LogP contribution in [0.4, 0.5) is 0 Å². The van der Waals surface area contributed by atoms with Crippen molar-refractivity contribution in [1.29, 1.82) is 0 Å². The Labute approximate surface area is 174 Å². The Morgan fingerprint density at radius 2 is 1.31 bits per heavy atom. The van der Waals surface area contributed by atoms with Gasteiger partial charge in [0.15, 0.2) is 0 Å². The quantitative estimate of drug-likeness (QED) is 0.485. The number of nitrogens with zero attached hydrogens (tertiary/aromatic N) is 1. The van der Waals surface area contributed by atoms with Gasteiger partial charge in [-0.2, -0.15) is 0 Å². The number of aryl methyl sites for hydroxylation is 1. The summed E-state index contributed by atoms with van der Waals surface area (Å²) in [5.41, 5.74) is 6.70. The van der Waals surface area contributed by atoms with Gasteiger partial charge in [-0.05, 0) is 42.9 Å². The Morgan fingerprint density at radius 3 is 1.93 bits per heavy atom. The van der Waals surface area contributed by atoms with Crippen molar-refractivity contribution in [2.45, 2.75) is 60.2 Å². The molecule has 0 aliphatic rings. The van der Waals surface area contributed by atoms with Crippen molar-refractivity contribution in [2.24, 2.45) is 0 Å². The summed E-state index contributed by atoms with van der Waals surface area (Å²) in [6, 6.07) is 18.8. The van der Waals surface area contributed by atoms with Crippen molar-refractivity contribution < 1.29 is 9.47 Å². The third-order valence-electron chi connectivity index (χ3n) is 5.24. The van der Waals surface area contributed by atoms with E-state index in [9.17, 15) is 0 Å². The van der Waals surface area contributed by atoms with Crippen molar-refractivity contribution >= 4 is 0 Å². The van der Waals surface area contributed by atoms with Crippen LogP contribution in [0.15, 0.2) is 54.6 Å². The summed E-state index contributed by atoms with van der Waals surface area (Å²) in [6.45, 7) is 13.8. The third-order valence-corrected chi connectivity index (χ3v) is 5.24. The molecular weight excluding hydrogens is 358 g/mol. The van der Waals surface area contributed by atoms with Gasteiger partial charge in [0.2, 0.25) is 5.88 Å². The molecule has 152 valence electrons. The lowest BCUT2D eigenvalue weighted by molar-refractivity contribution is 0.280. The van der Waals surface area contributed by atoms with Crippen LogP contribution in [-0.4, -0.2) is 4.98 Å². The summed E-state index contributed by atoms with van der Waals surface area (Å²) in [5, 5.41) is 0. The molecule has 0 radical (unpaired) electrons. The lowest BCUT2D eigenvalue weighted by Gasteiger charge is -2.19. The highest BCUT2D eigenvalue weighted by Crippen LogP contribution is 2.31. The maximum absolute atomic E-state index is 6.08. The highest BCUT2D eigenvalue weighted by Gasteiger charge is 2.15. The molecule has 0 unspecified atom stereocenters. The second-order valence-electron chi connectivity index (χ2n) is 8.59. The van der Waals surface area contributed by atoms with Crippen LogP contribution < -0.4 is 9.47 Å². The molecule has 0 N–H and O–H groups in total. The van der Waals surface area contributed by atoms with E-state index in [1.165, 1.54) is 5.56 Å². The summed E-state index contributed by atoms with van der Waals surface area (Å²) in [6.07, 6.45) is 0. The van der Waals surface area contributed by atoms with E-state index in [0.29, 0.717) is 19.1 Å². The van der Waals surface area contributed by atoms with Crippen molar-refractivity contribution in [3.05, 3.63) is 88.1 Å². The predicted molar refractivity (Wildman–Crippen MR) is 119 cm³/mol. The number of aromatic nitrogens is 1. The van der Waals surface area contributed by atoms with Crippen molar-refractivity contribution in [3.63, 3.8) is 0 Å². The Balaban J connectivity index is 1.70. The molecule has 0 saturated carbocycles. The summed E-state index contributed by atoms with van der Waals surface area (Å²) in [5.74, 6) is 1.51. The molecule has 1 heterocycles. The van der Waals surface area contributed by atoms with Crippen LogP contribution in [-0.2, 0) is 18.6 Å². The summed E-state index contributed by atoms with van der Waals surface area (Å²) >= 11 is 0. The monoisotopic (exact) mass is 389 g/mol. The number of hydrogen-bond donors (Lipinski definition) is 0. The van der Waals surface area contributed by atoms with Gasteiger partial charge in [0.05, 0.1) is 5.69 Å². The molecule has 3 heteroatoms. The first-order chi connectivity index (χ1) is 13.8. The molecule has 0 saturated heterocycles. The average Bonchev–Trinajstić information content (AvgIpc) is 2.70. The van der Waals surface area contributed by atoms with Crippen LogP contribution in [0.5, 0.6) is 11.6 Å². The van der Waals surface area contributed by atoms with Gasteiger partial charge in [0.25, 0.3) is 0 Å². The van der Waals surface area contributed by atoms with Gasteiger partial charge in [0, 0.05) is 11.1 Å². The molecule has 0 atom stereocenters. The van der Waals surface area contributed by atoms with E-state index < -0.39 is 0 Å². The molecule has 29 heavy (non-hydrogen) atoms. The van der Waals surface area contributed by atoms with Gasteiger partial charge < -0.3 is 9.47 Å². The molecule has 0 aliphatic heterocycles. The molecule has 3 rings (SSSR count). The fraction of sp³-hybridized carbons (Fsp3) is 0.346. The molecule has 0 spiro atoms. The number of benzene rings is 2. The minimum Gasteiger partial charge on any atom is -0.487 e. The second-order valence-corrected chi connectivity index (χ2v) is 8.59. The standard InChI is InChI=1S/C26H31NO2/c1-18-19(2)25(29-17-22-12-14-23(15-13-22)26(4,5)6)27-20(3)24(18)28-16-21-10-8-7-9-11-21/h7-15H,16-17H2,1-6H3. The topological polar surface area (TPSA) is 31.4 Å². The number of rotatable bonds is 6.